The lowest BCUT2D eigenvalue weighted by Crippen LogP contribution is -2.15. The van der Waals surface area contributed by atoms with Gasteiger partial charge in [0.15, 0.2) is 0 Å². The zero-order chi connectivity index (χ0) is 8.97. The standard InChI is InChI=1S/C8H14N4/c1-12(2)8-7(3-4-9)5-10-6-11-8/h5-6H,3-4,9H2,1-2H3. The third kappa shape index (κ3) is 1.92. The van der Waals surface area contributed by atoms with Crippen molar-refractivity contribution in [3.8, 4) is 0 Å². The fourth-order valence-electron chi connectivity index (χ4n) is 1.09. The van der Waals surface area contributed by atoms with Gasteiger partial charge < -0.3 is 10.6 Å². The molecule has 1 aromatic heterocycles. The maximum atomic E-state index is 5.46. The van der Waals surface area contributed by atoms with Gasteiger partial charge >= 0.3 is 0 Å². The van der Waals surface area contributed by atoms with E-state index < -0.39 is 0 Å². The van der Waals surface area contributed by atoms with E-state index in [1.807, 2.05) is 25.2 Å². The third-order valence-electron chi connectivity index (χ3n) is 1.60. The molecule has 0 aliphatic heterocycles. The lowest BCUT2D eigenvalue weighted by Gasteiger charge is -2.14. The van der Waals surface area contributed by atoms with Gasteiger partial charge in [0.25, 0.3) is 0 Å². The smallest absolute Gasteiger partial charge is 0.134 e. The van der Waals surface area contributed by atoms with Gasteiger partial charge in [-0.05, 0) is 13.0 Å². The van der Waals surface area contributed by atoms with E-state index in [0.29, 0.717) is 6.54 Å². The van der Waals surface area contributed by atoms with Gasteiger partial charge in [0.05, 0.1) is 0 Å². The van der Waals surface area contributed by atoms with Gasteiger partial charge in [0.2, 0.25) is 0 Å². The summed E-state index contributed by atoms with van der Waals surface area (Å²) < 4.78 is 0. The summed E-state index contributed by atoms with van der Waals surface area (Å²) in [4.78, 5) is 10.1. The Morgan fingerprint density at radius 1 is 1.50 bits per heavy atom. The zero-order valence-electron chi connectivity index (χ0n) is 7.49. The van der Waals surface area contributed by atoms with Crippen LogP contribution < -0.4 is 10.6 Å². The predicted octanol–water partition coefficient (Wildman–Crippen LogP) is 0.0438. The van der Waals surface area contributed by atoms with Crippen LogP contribution in [0.3, 0.4) is 0 Å². The Hall–Kier alpha value is -1.16. The molecule has 0 aliphatic carbocycles. The molecule has 0 aliphatic rings. The quantitative estimate of drug-likeness (QED) is 0.689. The van der Waals surface area contributed by atoms with Crippen LogP contribution in [0.5, 0.6) is 0 Å². The molecule has 66 valence electrons. The van der Waals surface area contributed by atoms with Crippen molar-refractivity contribution in [2.75, 3.05) is 25.5 Å². The van der Waals surface area contributed by atoms with Crippen molar-refractivity contribution in [3.05, 3.63) is 18.1 Å². The van der Waals surface area contributed by atoms with E-state index >= 15 is 0 Å². The van der Waals surface area contributed by atoms with Crippen LogP contribution in [0.1, 0.15) is 5.56 Å². The van der Waals surface area contributed by atoms with Crippen LogP contribution in [-0.4, -0.2) is 30.6 Å². The summed E-state index contributed by atoms with van der Waals surface area (Å²) in [5.74, 6) is 0.954. The van der Waals surface area contributed by atoms with E-state index in [2.05, 4.69) is 9.97 Å². The molecule has 0 atom stereocenters. The van der Waals surface area contributed by atoms with Gasteiger partial charge in [-0.15, -0.1) is 0 Å². The molecule has 2 N–H and O–H groups in total. The van der Waals surface area contributed by atoms with Gasteiger partial charge in [-0.3, -0.25) is 0 Å². The molecule has 0 aromatic carbocycles. The lowest BCUT2D eigenvalue weighted by atomic mass is 10.2. The summed E-state index contributed by atoms with van der Waals surface area (Å²) in [5.41, 5.74) is 6.56. The highest BCUT2D eigenvalue weighted by Gasteiger charge is 2.03. The monoisotopic (exact) mass is 166 g/mol. The first-order valence-electron chi connectivity index (χ1n) is 3.92. The summed E-state index contributed by atoms with van der Waals surface area (Å²) in [6, 6.07) is 0. The van der Waals surface area contributed by atoms with Crippen LogP contribution in [-0.2, 0) is 6.42 Å². The van der Waals surface area contributed by atoms with E-state index in [1.54, 1.807) is 6.33 Å². The van der Waals surface area contributed by atoms with Gasteiger partial charge in [0.1, 0.15) is 12.1 Å². The van der Waals surface area contributed by atoms with Gasteiger partial charge in [-0.25, -0.2) is 9.97 Å². The molecule has 0 spiro atoms. The average molecular weight is 166 g/mol. The first kappa shape index (κ1) is 8.93. The minimum Gasteiger partial charge on any atom is -0.362 e. The second kappa shape index (κ2) is 4.01. The van der Waals surface area contributed by atoms with Crippen molar-refractivity contribution in [2.45, 2.75) is 6.42 Å². The minimum atomic E-state index is 0.633. The fraction of sp³-hybridized carbons (Fsp3) is 0.500. The van der Waals surface area contributed by atoms with Crippen molar-refractivity contribution in [1.82, 2.24) is 9.97 Å². The van der Waals surface area contributed by atoms with E-state index in [4.69, 9.17) is 5.73 Å². The highest BCUT2D eigenvalue weighted by atomic mass is 15.1. The van der Waals surface area contributed by atoms with Crippen LogP contribution in [0.4, 0.5) is 5.82 Å². The maximum absolute atomic E-state index is 5.46. The highest BCUT2D eigenvalue weighted by molar-refractivity contribution is 5.43. The maximum Gasteiger partial charge on any atom is 0.134 e. The summed E-state index contributed by atoms with van der Waals surface area (Å²) in [6.07, 6.45) is 4.19. The molecular weight excluding hydrogens is 152 g/mol. The van der Waals surface area contributed by atoms with Crippen LogP contribution in [0.15, 0.2) is 12.5 Å². The summed E-state index contributed by atoms with van der Waals surface area (Å²) >= 11 is 0. The second-order valence-electron chi connectivity index (χ2n) is 2.80. The van der Waals surface area contributed by atoms with Crippen molar-refractivity contribution >= 4 is 5.82 Å². The number of nitrogens with two attached hydrogens (primary N) is 1. The molecule has 0 saturated heterocycles. The number of aromatic nitrogens is 2. The number of hydrogen-bond acceptors (Lipinski definition) is 4. The predicted molar refractivity (Wildman–Crippen MR) is 49.1 cm³/mol. The number of hydrogen-bond donors (Lipinski definition) is 1. The molecule has 12 heavy (non-hydrogen) atoms. The van der Waals surface area contributed by atoms with Crippen molar-refractivity contribution in [2.24, 2.45) is 5.73 Å². The zero-order valence-corrected chi connectivity index (χ0v) is 7.49. The Morgan fingerprint density at radius 3 is 2.83 bits per heavy atom. The fourth-order valence-corrected chi connectivity index (χ4v) is 1.09. The van der Waals surface area contributed by atoms with Gasteiger partial charge in [-0.1, -0.05) is 0 Å². The lowest BCUT2D eigenvalue weighted by molar-refractivity contribution is 0.916. The summed E-state index contributed by atoms with van der Waals surface area (Å²) in [7, 11) is 3.92. The van der Waals surface area contributed by atoms with Crippen LogP contribution in [0.2, 0.25) is 0 Å². The molecule has 0 unspecified atom stereocenters. The van der Waals surface area contributed by atoms with E-state index in [1.165, 1.54) is 0 Å². The molecule has 0 bridgehead atoms. The second-order valence-corrected chi connectivity index (χ2v) is 2.80. The van der Waals surface area contributed by atoms with E-state index in [9.17, 15) is 0 Å². The Balaban J connectivity index is 2.92. The Labute approximate surface area is 72.4 Å². The summed E-state index contributed by atoms with van der Waals surface area (Å²) in [5, 5.41) is 0. The molecule has 0 fully saturated rings. The average Bonchev–Trinajstić information content (AvgIpc) is 2.05. The largest absolute Gasteiger partial charge is 0.362 e. The SMILES string of the molecule is CN(C)c1ncncc1CCN. The molecule has 1 aromatic rings. The molecule has 4 nitrogen and oxygen atoms in total. The Kier molecular flexibility index (Phi) is 2.99. The molecule has 1 heterocycles. The van der Waals surface area contributed by atoms with E-state index in [0.717, 1.165) is 17.8 Å². The van der Waals surface area contributed by atoms with Gasteiger partial charge in [-0.2, -0.15) is 0 Å². The molecule has 0 amide bonds. The Bertz CT molecular complexity index is 247. The van der Waals surface area contributed by atoms with E-state index in [-0.39, 0.29) is 0 Å². The molecule has 0 saturated carbocycles. The molecular formula is C8H14N4. The van der Waals surface area contributed by atoms with Crippen molar-refractivity contribution < 1.29 is 0 Å². The van der Waals surface area contributed by atoms with Gasteiger partial charge in [0, 0.05) is 25.9 Å². The number of rotatable bonds is 3. The van der Waals surface area contributed by atoms with Crippen molar-refractivity contribution in [3.63, 3.8) is 0 Å². The van der Waals surface area contributed by atoms with Crippen LogP contribution in [0.25, 0.3) is 0 Å². The van der Waals surface area contributed by atoms with Crippen molar-refractivity contribution in [1.29, 1.82) is 0 Å². The topological polar surface area (TPSA) is 55.0 Å². The minimum absolute atomic E-state index is 0.633. The summed E-state index contributed by atoms with van der Waals surface area (Å²) in [6.45, 7) is 0.633. The molecule has 1 rings (SSSR count). The highest BCUT2D eigenvalue weighted by Crippen LogP contribution is 2.12. The normalized spacial score (nSPS) is 9.92. The Morgan fingerprint density at radius 2 is 2.25 bits per heavy atom. The third-order valence-corrected chi connectivity index (χ3v) is 1.60. The number of nitrogens with zero attached hydrogens (tertiary/aromatic N) is 3. The molecule has 4 heteroatoms. The molecule has 0 radical (unpaired) electrons. The first-order chi connectivity index (χ1) is 5.75. The van der Waals surface area contributed by atoms with Crippen LogP contribution >= 0.6 is 0 Å². The van der Waals surface area contributed by atoms with Crippen LogP contribution in [0, 0.1) is 0 Å². The number of anilines is 1. The first-order valence-corrected chi connectivity index (χ1v) is 3.92.